The number of rotatable bonds is 7. The third-order valence-electron chi connectivity index (χ3n) is 6.70. The standard InChI is InChI=1S/C23H38N10O5/c24-20-16-21(30-13-29-20)33(14-31-16)23-18(36)17(35)19(38-23)22(37)28-4-2-1-3-15(34)32-11-9-26-7-5-25-6-8-27-10-12-32/h13-14,17-19,23,25-27,35-36H,1-12H2,(H,28,37)(H2,24,29,30)/t17-,18+,19-,23+/m0/s1. The molecule has 38 heavy (non-hydrogen) atoms. The van der Waals surface area contributed by atoms with E-state index in [1.165, 1.54) is 17.2 Å². The van der Waals surface area contributed by atoms with Crippen LogP contribution in [0.4, 0.5) is 5.82 Å². The molecule has 2 aliphatic heterocycles. The van der Waals surface area contributed by atoms with E-state index in [1.807, 2.05) is 4.90 Å². The van der Waals surface area contributed by atoms with Gasteiger partial charge < -0.3 is 46.9 Å². The quantitative estimate of drug-likeness (QED) is 0.177. The van der Waals surface area contributed by atoms with Crippen molar-refractivity contribution in [1.29, 1.82) is 0 Å². The summed E-state index contributed by atoms with van der Waals surface area (Å²) in [6.45, 7) is 6.63. The molecule has 0 saturated carbocycles. The number of aliphatic hydroxyl groups excluding tert-OH is 2. The highest BCUT2D eigenvalue weighted by molar-refractivity contribution is 5.82. The highest BCUT2D eigenvalue weighted by Gasteiger charge is 2.47. The van der Waals surface area contributed by atoms with Gasteiger partial charge in [0.15, 0.2) is 23.8 Å². The molecule has 0 unspecified atom stereocenters. The Morgan fingerprint density at radius 2 is 1.68 bits per heavy atom. The van der Waals surface area contributed by atoms with Crippen LogP contribution in [0.5, 0.6) is 0 Å². The first-order chi connectivity index (χ1) is 18.5. The van der Waals surface area contributed by atoms with Gasteiger partial charge in [0.25, 0.3) is 5.91 Å². The number of unbranched alkanes of at least 4 members (excludes halogenated alkanes) is 1. The summed E-state index contributed by atoms with van der Waals surface area (Å²) in [4.78, 5) is 39.4. The van der Waals surface area contributed by atoms with Gasteiger partial charge in [-0.3, -0.25) is 14.2 Å². The molecule has 15 heteroatoms. The van der Waals surface area contributed by atoms with Crippen LogP contribution in [-0.4, -0.2) is 124 Å². The first-order valence-corrected chi connectivity index (χ1v) is 13.1. The minimum atomic E-state index is -1.44. The molecule has 4 rings (SSSR count). The Morgan fingerprint density at radius 1 is 1.00 bits per heavy atom. The van der Waals surface area contributed by atoms with Crippen molar-refractivity contribution in [2.75, 3.05) is 64.6 Å². The maximum atomic E-state index is 12.7. The van der Waals surface area contributed by atoms with Gasteiger partial charge in [-0.05, 0) is 12.8 Å². The van der Waals surface area contributed by atoms with Gasteiger partial charge in [-0.25, -0.2) is 15.0 Å². The number of ether oxygens (including phenoxy) is 1. The summed E-state index contributed by atoms with van der Waals surface area (Å²) in [5.74, 6) is -0.283. The number of fused-ring (bicyclic) bond motifs is 1. The molecular weight excluding hydrogens is 496 g/mol. The van der Waals surface area contributed by atoms with E-state index in [2.05, 4.69) is 36.2 Å². The number of hydrogen-bond donors (Lipinski definition) is 7. The number of imidazole rings is 1. The van der Waals surface area contributed by atoms with Gasteiger partial charge in [0.2, 0.25) is 5.91 Å². The van der Waals surface area contributed by atoms with Gasteiger partial charge in [0, 0.05) is 65.3 Å². The van der Waals surface area contributed by atoms with Crippen molar-refractivity contribution < 1.29 is 24.5 Å². The molecule has 0 aromatic carbocycles. The molecule has 2 aromatic heterocycles. The summed E-state index contributed by atoms with van der Waals surface area (Å²) in [6, 6.07) is 0. The van der Waals surface area contributed by atoms with Gasteiger partial charge in [-0.2, -0.15) is 0 Å². The van der Waals surface area contributed by atoms with Crippen LogP contribution in [0.3, 0.4) is 0 Å². The molecule has 2 aromatic rings. The van der Waals surface area contributed by atoms with E-state index in [0.29, 0.717) is 50.1 Å². The van der Waals surface area contributed by atoms with Gasteiger partial charge in [-0.1, -0.05) is 0 Å². The van der Waals surface area contributed by atoms with Gasteiger partial charge in [-0.15, -0.1) is 0 Å². The van der Waals surface area contributed by atoms with Crippen molar-refractivity contribution in [3.8, 4) is 0 Å². The number of nitrogen functional groups attached to an aromatic ring is 1. The summed E-state index contributed by atoms with van der Waals surface area (Å²) in [5, 5.41) is 33.8. The molecule has 0 spiro atoms. The van der Waals surface area contributed by atoms with E-state index in [9.17, 15) is 19.8 Å². The molecule has 0 aliphatic carbocycles. The van der Waals surface area contributed by atoms with Crippen LogP contribution >= 0.6 is 0 Å². The van der Waals surface area contributed by atoms with Crippen LogP contribution < -0.4 is 27.0 Å². The predicted octanol–water partition coefficient (Wildman–Crippen LogP) is -3.07. The summed E-state index contributed by atoms with van der Waals surface area (Å²) < 4.78 is 7.12. The van der Waals surface area contributed by atoms with Crippen LogP contribution in [0.25, 0.3) is 11.2 Å². The van der Waals surface area contributed by atoms with E-state index in [0.717, 1.165) is 39.3 Å². The van der Waals surface area contributed by atoms with E-state index >= 15 is 0 Å². The fourth-order valence-corrected chi connectivity index (χ4v) is 4.55. The van der Waals surface area contributed by atoms with Crippen LogP contribution in [0.1, 0.15) is 25.5 Å². The van der Waals surface area contributed by atoms with Crippen molar-refractivity contribution >= 4 is 28.8 Å². The van der Waals surface area contributed by atoms with E-state index < -0.39 is 30.4 Å². The number of amides is 2. The zero-order chi connectivity index (χ0) is 26.9. The Labute approximate surface area is 220 Å². The number of aliphatic hydroxyl groups is 2. The molecule has 2 aliphatic rings. The number of nitrogens with two attached hydrogens (primary N) is 1. The average Bonchev–Trinajstić information content (AvgIpc) is 3.45. The molecule has 2 saturated heterocycles. The predicted molar refractivity (Wildman–Crippen MR) is 138 cm³/mol. The lowest BCUT2D eigenvalue weighted by Gasteiger charge is -2.24. The van der Waals surface area contributed by atoms with Gasteiger partial charge >= 0.3 is 0 Å². The summed E-state index contributed by atoms with van der Waals surface area (Å²) in [6.07, 6.45) is -0.944. The van der Waals surface area contributed by atoms with Crippen molar-refractivity contribution in [2.24, 2.45) is 0 Å². The Morgan fingerprint density at radius 3 is 2.39 bits per heavy atom. The highest BCUT2D eigenvalue weighted by atomic mass is 16.6. The number of aromatic nitrogens is 4. The Kier molecular flexibility index (Phi) is 10.1. The average molecular weight is 535 g/mol. The number of carbonyl (C=O) groups is 2. The molecule has 210 valence electrons. The maximum absolute atomic E-state index is 12.7. The molecule has 8 N–H and O–H groups in total. The molecule has 0 bridgehead atoms. The molecule has 4 heterocycles. The lowest BCUT2D eigenvalue weighted by Crippen LogP contribution is -2.44. The first kappa shape index (κ1) is 28.1. The van der Waals surface area contributed by atoms with Gasteiger partial charge in [0.05, 0.1) is 6.33 Å². The summed E-state index contributed by atoms with van der Waals surface area (Å²) >= 11 is 0. The van der Waals surface area contributed by atoms with Crippen LogP contribution in [-0.2, 0) is 14.3 Å². The summed E-state index contributed by atoms with van der Waals surface area (Å²) in [7, 11) is 0. The smallest absolute Gasteiger partial charge is 0.252 e. The minimum absolute atomic E-state index is 0.0904. The van der Waals surface area contributed by atoms with E-state index in [-0.39, 0.29) is 11.7 Å². The lowest BCUT2D eigenvalue weighted by molar-refractivity contribution is -0.137. The van der Waals surface area contributed by atoms with E-state index in [1.54, 1.807) is 0 Å². The second kappa shape index (κ2) is 13.7. The lowest BCUT2D eigenvalue weighted by atomic mass is 10.1. The second-order valence-corrected chi connectivity index (χ2v) is 9.39. The number of nitrogens with zero attached hydrogens (tertiary/aromatic N) is 5. The van der Waals surface area contributed by atoms with Crippen LogP contribution in [0, 0.1) is 0 Å². The van der Waals surface area contributed by atoms with Crippen LogP contribution in [0.15, 0.2) is 12.7 Å². The zero-order valence-corrected chi connectivity index (χ0v) is 21.4. The number of anilines is 1. The van der Waals surface area contributed by atoms with Crippen molar-refractivity contribution in [1.82, 2.24) is 45.7 Å². The minimum Gasteiger partial charge on any atom is -0.387 e. The molecule has 0 radical (unpaired) electrons. The number of hydrogen-bond acceptors (Lipinski definition) is 12. The topological polar surface area (TPSA) is 205 Å². The van der Waals surface area contributed by atoms with Crippen molar-refractivity contribution in [3.63, 3.8) is 0 Å². The van der Waals surface area contributed by atoms with Crippen molar-refractivity contribution in [2.45, 2.75) is 43.8 Å². The molecular formula is C23H38N10O5. The number of nitrogens with one attached hydrogen (secondary N) is 4. The fraction of sp³-hybridized carbons (Fsp3) is 0.696. The van der Waals surface area contributed by atoms with Gasteiger partial charge in [0.1, 0.15) is 24.1 Å². The Balaban J connectivity index is 1.20. The molecule has 15 nitrogen and oxygen atoms in total. The Hall–Kier alpha value is -2.95. The molecule has 2 fully saturated rings. The van der Waals surface area contributed by atoms with Crippen molar-refractivity contribution in [3.05, 3.63) is 12.7 Å². The fourth-order valence-electron chi connectivity index (χ4n) is 4.55. The highest BCUT2D eigenvalue weighted by Crippen LogP contribution is 2.32. The summed E-state index contributed by atoms with van der Waals surface area (Å²) in [5.41, 5.74) is 6.46. The first-order valence-electron chi connectivity index (χ1n) is 13.1. The molecule has 4 atom stereocenters. The van der Waals surface area contributed by atoms with E-state index in [4.69, 9.17) is 10.5 Å². The maximum Gasteiger partial charge on any atom is 0.252 e. The second-order valence-electron chi connectivity index (χ2n) is 9.39. The number of carbonyl (C=O) groups excluding carboxylic acids is 2. The Bertz CT molecular complexity index is 1060. The largest absolute Gasteiger partial charge is 0.387 e. The monoisotopic (exact) mass is 534 g/mol. The third-order valence-corrected chi connectivity index (χ3v) is 6.70. The zero-order valence-electron chi connectivity index (χ0n) is 21.4. The normalized spacial score (nSPS) is 25.6. The SMILES string of the molecule is Nc1ncnc2c1ncn2[C@@H]1O[C@H](C(=O)NCCCCC(=O)N2CCNCCNCCNCC2)[C@@H](O)[C@H]1O. The molecule has 2 amide bonds. The third kappa shape index (κ3) is 6.92. The van der Waals surface area contributed by atoms with Crippen LogP contribution in [0.2, 0.25) is 0 Å².